The summed E-state index contributed by atoms with van der Waals surface area (Å²) in [6.07, 6.45) is 8.57. The maximum atomic E-state index is 12.9. The molecule has 0 aromatic heterocycles. The number of carbonyl (C=O) groups is 1. The molecule has 1 N–H and O–H groups in total. The number of rotatable bonds is 6. The van der Waals surface area contributed by atoms with Gasteiger partial charge in [-0.1, -0.05) is 37.3 Å². The van der Waals surface area contributed by atoms with Gasteiger partial charge in [0.2, 0.25) is 10.0 Å². The monoisotopic (exact) mass is 441 g/mol. The van der Waals surface area contributed by atoms with E-state index < -0.39 is 10.0 Å². The quantitative estimate of drug-likeness (QED) is 0.686. The molecular weight excluding hydrogens is 410 g/mol. The molecule has 29 heavy (non-hydrogen) atoms. The van der Waals surface area contributed by atoms with Crippen molar-refractivity contribution in [1.82, 2.24) is 14.5 Å². The average Bonchev–Trinajstić information content (AvgIpc) is 3.13. The summed E-state index contributed by atoms with van der Waals surface area (Å²) in [5, 5.41) is 3.30. The van der Waals surface area contributed by atoms with Crippen molar-refractivity contribution in [3.63, 3.8) is 0 Å². The van der Waals surface area contributed by atoms with Crippen molar-refractivity contribution in [2.75, 3.05) is 33.7 Å². The topological polar surface area (TPSA) is 69.7 Å². The number of amides is 1. The zero-order valence-electron chi connectivity index (χ0n) is 17.4. The molecule has 8 heteroatoms. The van der Waals surface area contributed by atoms with Gasteiger partial charge in [-0.15, -0.1) is 0 Å². The molecule has 6 nitrogen and oxygen atoms in total. The van der Waals surface area contributed by atoms with Crippen LogP contribution in [0.25, 0.3) is 0 Å². The number of nitrogens with one attached hydrogen (secondary N) is 1. The fraction of sp³-hybridized carbons (Fsp3) is 0.667. The normalized spacial score (nSPS) is 20.6. The van der Waals surface area contributed by atoms with Gasteiger partial charge in [0.1, 0.15) is 0 Å². The molecular formula is C21H32ClN3O3S. The van der Waals surface area contributed by atoms with E-state index in [9.17, 15) is 13.2 Å². The van der Waals surface area contributed by atoms with E-state index in [0.29, 0.717) is 19.6 Å². The number of hydrogen-bond donors (Lipinski definition) is 1. The highest BCUT2D eigenvalue weighted by molar-refractivity contribution is 7.89. The number of halogens is 1. The van der Waals surface area contributed by atoms with E-state index in [2.05, 4.69) is 24.3 Å². The summed E-state index contributed by atoms with van der Waals surface area (Å²) in [7, 11) is 0.536. The Morgan fingerprint density at radius 3 is 2.31 bits per heavy atom. The molecule has 0 spiro atoms. The van der Waals surface area contributed by atoms with Crippen molar-refractivity contribution in [3.05, 3.63) is 28.8 Å². The van der Waals surface area contributed by atoms with Crippen LogP contribution >= 0.6 is 11.6 Å². The SMILES string of the molecule is CN(C)C1(CNC(=O)c2cc(S(=O)(=O)N3CCCC3)ccc2Cl)CCCCCC1. The number of benzene rings is 1. The first kappa shape index (κ1) is 22.5. The molecule has 0 bridgehead atoms. The Bertz CT molecular complexity index is 828. The number of likely N-dealkylation sites (N-methyl/N-ethyl adjacent to an activating group) is 1. The third-order valence-electron chi connectivity index (χ3n) is 6.45. The summed E-state index contributed by atoms with van der Waals surface area (Å²) in [5.41, 5.74) is 0.146. The van der Waals surface area contributed by atoms with Crippen molar-refractivity contribution in [2.24, 2.45) is 0 Å². The molecule has 1 saturated heterocycles. The van der Waals surface area contributed by atoms with E-state index in [1.807, 2.05) is 0 Å². The molecule has 0 atom stereocenters. The number of nitrogens with zero attached hydrogens (tertiary/aromatic N) is 2. The first-order chi connectivity index (χ1) is 13.8. The minimum Gasteiger partial charge on any atom is -0.350 e. The van der Waals surface area contributed by atoms with E-state index in [0.717, 1.165) is 38.5 Å². The third-order valence-corrected chi connectivity index (χ3v) is 8.67. The average molecular weight is 442 g/mol. The third kappa shape index (κ3) is 4.95. The lowest BCUT2D eigenvalue weighted by Gasteiger charge is -2.39. The molecule has 0 unspecified atom stereocenters. The van der Waals surface area contributed by atoms with Gasteiger partial charge < -0.3 is 10.2 Å². The van der Waals surface area contributed by atoms with Crippen LogP contribution in [0.2, 0.25) is 5.02 Å². The van der Waals surface area contributed by atoms with E-state index in [1.54, 1.807) is 0 Å². The molecule has 1 saturated carbocycles. The Hall–Kier alpha value is -1.15. The molecule has 2 aliphatic rings. The van der Waals surface area contributed by atoms with Crippen LogP contribution in [-0.2, 0) is 10.0 Å². The van der Waals surface area contributed by atoms with Crippen LogP contribution in [-0.4, -0.2) is 62.8 Å². The second kappa shape index (κ2) is 9.33. The van der Waals surface area contributed by atoms with Crippen LogP contribution in [0.4, 0.5) is 0 Å². The van der Waals surface area contributed by atoms with Crippen molar-refractivity contribution >= 4 is 27.5 Å². The fourth-order valence-electron chi connectivity index (χ4n) is 4.43. The summed E-state index contributed by atoms with van der Waals surface area (Å²) >= 11 is 6.27. The van der Waals surface area contributed by atoms with Gasteiger partial charge >= 0.3 is 0 Å². The van der Waals surface area contributed by atoms with Gasteiger partial charge in [-0.05, 0) is 58.0 Å². The lowest BCUT2D eigenvalue weighted by Crippen LogP contribution is -2.52. The molecule has 1 aliphatic heterocycles. The minimum atomic E-state index is -3.59. The molecule has 2 fully saturated rings. The molecule has 162 valence electrons. The van der Waals surface area contributed by atoms with E-state index in [1.165, 1.54) is 35.3 Å². The maximum absolute atomic E-state index is 12.9. The van der Waals surface area contributed by atoms with Crippen LogP contribution < -0.4 is 5.32 Å². The van der Waals surface area contributed by atoms with Crippen LogP contribution in [0.5, 0.6) is 0 Å². The Labute approximate surface area is 179 Å². The number of sulfonamides is 1. The zero-order valence-corrected chi connectivity index (χ0v) is 19.0. The Morgan fingerprint density at radius 2 is 1.72 bits per heavy atom. The van der Waals surface area contributed by atoms with Gasteiger partial charge in [0, 0.05) is 25.2 Å². The van der Waals surface area contributed by atoms with E-state index in [-0.39, 0.29) is 26.9 Å². The second-order valence-electron chi connectivity index (χ2n) is 8.47. The summed E-state index contributed by atoms with van der Waals surface area (Å²) in [5.74, 6) is -0.320. The lowest BCUT2D eigenvalue weighted by molar-refractivity contribution is 0.0869. The van der Waals surface area contributed by atoms with Crippen molar-refractivity contribution in [1.29, 1.82) is 0 Å². The Kier molecular flexibility index (Phi) is 7.25. The highest BCUT2D eigenvalue weighted by Gasteiger charge is 2.34. The van der Waals surface area contributed by atoms with Gasteiger partial charge in [0.15, 0.2) is 0 Å². The fourth-order valence-corrected chi connectivity index (χ4v) is 6.17. The highest BCUT2D eigenvalue weighted by Crippen LogP contribution is 2.31. The van der Waals surface area contributed by atoms with Crippen LogP contribution in [0.15, 0.2) is 23.1 Å². The Morgan fingerprint density at radius 1 is 1.10 bits per heavy atom. The molecule has 3 rings (SSSR count). The summed E-state index contributed by atoms with van der Waals surface area (Å²) in [6.45, 7) is 1.58. The predicted octanol–water partition coefficient (Wildman–Crippen LogP) is 3.51. The van der Waals surface area contributed by atoms with Crippen molar-refractivity contribution < 1.29 is 13.2 Å². The molecule has 1 aromatic rings. The molecule has 0 radical (unpaired) electrons. The summed E-state index contributed by atoms with van der Waals surface area (Å²) in [6, 6.07) is 4.41. The van der Waals surface area contributed by atoms with Crippen LogP contribution in [0, 0.1) is 0 Å². The van der Waals surface area contributed by atoms with E-state index in [4.69, 9.17) is 11.6 Å². The standard InChI is InChI=1S/C21H32ClN3O3S/c1-24(2)21(11-5-3-4-6-12-21)16-23-20(26)18-15-17(9-10-19(18)22)29(27,28)25-13-7-8-14-25/h9-10,15H,3-8,11-14,16H2,1-2H3,(H,23,26). The van der Waals surface area contributed by atoms with Crippen LogP contribution in [0.1, 0.15) is 61.7 Å². The lowest BCUT2D eigenvalue weighted by atomic mass is 9.88. The van der Waals surface area contributed by atoms with Gasteiger partial charge in [0.25, 0.3) is 5.91 Å². The highest BCUT2D eigenvalue weighted by atomic mass is 35.5. The number of carbonyl (C=O) groups excluding carboxylic acids is 1. The molecule has 1 aliphatic carbocycles. The Balaban J connectivity index is 1.78. The zero-order chi connectivity index (χ0) is 21.1. The minimum absolute atomic E-state index is 0.0716. The van der Waals surface area contributed by atoms with Gasteiger partial charge in [-0.3, -0.25) is 4.79 Å². The predicted molar refractivity (Wildman–Crippen MR) is 116 cm³/mol. The van der Waals surface area contributed by atoms with Crippen molar-refractivity contribution in [3.8, 4) is 0 Å². The van der Waals surface area contributed by atoms with Gasteiger partial charge in [0.05, 0.1) is 15.5 Å². The first-order valence-corrected chi connectivity index (χ1v) is 12.3. The van der Waals surface area contributed by atoms with Gasteiger partial charge in [-0.2, -0.15) is 4.31 Å². The molecule has 1 aromatic carbocycles. The summed E-state index contributed by atoms with van der Waals surface area (Å²) < 4.78 is 27.2. The first-order valence-electron chi connectivity index (χ1n) is 10.5. The van der Waals surface area contributed by atoms with Gasteiger partial charge in [-0.25, -0.2) is 8.42 Å². The largest absolute Gasteiger partial charge is 0.350 e. The van der Waals surface area contributed by atoms with Crippen molar-refractivity contribution in [2.45, 2.75) is 61.8 Å². The van der Waals surface area contributed by atoms with Crippen LogP contribution in [0.3, 0.4) is 0 Å². The van der Waals surface area contributed by atoms with E-state index >= 15 is 0 Å². The maximum Gasteiger partial charge on any atom is 0.252 e. The summed E-state index contributed by atoms with van der Waals surface area (Å²) in [4.78, 5) is 15.3. The number of hydrogen-bond acceptors (Lipinski definition) is 4. The second-order valence-corrected chi connectivity index (χ2v) is 10.8. The smallest absolute Gasteiger partial charge is 0.252 e. The molecule has 1 amide bonds. The molecule has 1 heterocycles.